The molecule has 0 radical (unpaired) electrons. The van der Waals surface area contributed by atoms with Crippen LogP contribution >= 0.6 is 11.6 Å². The second kappa shape index (κ2) is 5.18. The Balaban J connectivity index is 2.20. The molecule has 1 aliphatic carbocycles. The minimum absolute atomic E-state index is 0.209. The molecule has 0 bridgehead atoms. The van der Waals surface area contributed by atoms with Crippen molar-refractivity contribution in [3.8, 4) is 0 Å². The summed E-state index contributed by atoms with van der Waals surface area (Å²) in [6, 6.07) is 4.59. The van der Waals surface area contributed by atoms with E-state index in [-0.39, 0.29) is 11.4 Å². The first-order valence-corrected chi connectivity index (χ1v) is 7.01. The van der Waals surface area contributed by atoms with Gasteiger partial charge >= 0.3 is 0 Å². The van der Waals surface area contributed by atoms with E-state index in [2.05, 4.69) is 13.8 Å². The molecule has 1 aromatic rings. The fraction of sp³-hybridized carbons (Fsp3) is 0.600. The zero-order chi connectivity index (χ0) is 13.3. The monoisotopic (exact) mass is 269 g/mol. The molecule has 0 heterocycles. The largest absolute Gasteiger partial charge is 0.325 e. The van der Waals surface area contributed by atoms with Crippen LogP contribution in [0.2, 0.25) is 5.02 Å². The molecule has 1 nitrogen and oxygen atoms in total. The fourth-order valence-corrected chi connectivity index (χ4v) is 3.27. The van der Waals surface area contributed by atoms with E-state index in [1.165, 1.54) is 18.6 Å². The van der Waals surface area contributed by atoms with Gasteiger partial charge in [0.1, 0.15) is 5.82 Å². The first-order valence-electron chi connectivity index (χ1n) is 6.63. The Morgan fingerprint density at radius 2 is 2.11 bits per heavy atom. The van der Waals surface area contributed by atoms with Gasteiger partial charge in [-0.3, -0.25) is 0 Å². The topological polar surface area (TPSA) is 26.0 Å². The van der Waals surface area contributed by atoms with E-state index in [1.54, 1.807) is 6.07 Å². The standard InChI is InChI=1S/C15H21ClFN/c1-10-3-4-11(2)15(18,8-10)9-12-5-6-13(17)7-14(12)16/h5-7,10-11H,3-4,8-9,18H2,1-2H3. The highest BCUT2D eigenvalue weighted by molar-refractivity contribution is 6.31. The second-order valence-corrected chi connectivity index (χ2v) is 6.34. The summed E-state index contributed by atoms with van der Waals surface area (Å²) in [6.45, 7) is 4.46. The summed E-state index contributed by atoms with van der Waals surface area (Å²) in [5.41, 5.74) is 7.33. The predicted octanol–water partition coefficient (Wildman–Crippen LogP) is 4.18. The van der Waals surface area contributed by atoms with Gasteiger partial charge in [-0.25, -0.2) is 4.39 Å². The Morgan fingerprint density at radius 3 is 2.78 bits per heavy atom. The van der Waals surface area contributed by atoms with E-state index in [9.17, 15) is 4.39 Å². The Morgan fingerprint density at radius 1 is 1.39 bits per heavy atom. The summed E-state index contributed by atoms with van der Waals surface area (Å²) < 4.78 is 13.0. The molecule has 3 atom stereocenters. The van der Waals surface area contributed by atoms with Gasteiger partial charge < -0.3 is 5.73 Å². The first kappa shape index (κ1) is 13.8. The van der Waals surface area contributed by atoms with Crippen molar-refractivity contribution in [3.05, 3.63) is 34.6 Å². The van der Waals surface area contributed by atoms with Gasteiger partial charge in [0.25, 0.3) is 0 Å². The zero-order valence-electron chi connectivity index (χ0n) is 11.0. The SMILES string of the molecule is CC1CCC(C)C(N)(Cc2ccc(F)cc2Cl)C1. The van der Waals surface area contributed by atoms with Crippen LogP contribution < -0.4 is 5.73 Å². The quantitative estimate of drug-likeness (QED) is 0.857. The maximum absolute atomic E-state index is 13.0. The molecule has 0 spiro atoms. The summed E-state index contributed by atoms with van der Waals surface area (Å²) in [4.78, 5) is 0. The Kier molecular flexibility index (Phi) is 3.98. The van der Waals surface area contributed by atoms with Crippen LogP contribution in [0, 0.1) is 17.7 Å². The lowest BCUT2D eigenvalue weighted by molar-refractivity contribution is 0.161. The molecule has 2 N–H and O–H groups in total. The maximum Gasteiger partial charge on any atom is 0.124 e. The number of nitrogens with two attached hydrogens (primary N) is 1. The highest BCUT2D eigenvalue weighted by Gasteiger charge is 2.37. The minimum Gasteiger partial charge on any atom is -0.325 e. The molecule has 0 saturated heterocycles. The molecule has 1 saturated carbocycles. The van der Waals surface area contributed by atoms with E-state index in [0.29, 0.717) is 16.9 Å². The lowest BCUT2D eigenvalue weighted by Crippen LogP contribution is -2.51. The fourth-order valence-electron chi connectivity index (χ4n) is 3.04. The summed E-state index contributed by atoms with van der Waals surface area (Å²) in [5, 5.41) is 0.491. The smallest absolute Gasteiger partial charge is 0.124 e. The highest BCUT2D eigenvalue weighted by atomic mass is 35.5. The van der Waals surface area contributed by atoms with Crippen LogP contribution in [0.1, 0.15) is 38.7 Å². The van der Waals surface area contributed by atoms with Gasteiger partial charge in [0.2, 0.25) is 0 Å². The molecular formula is C15H21ClFN. The minimum atomic E-state index is -0.292. The molecule has 3 unspecified atom stereocenters. The average Bonchev–Trinajstić information content (AvgIpc) is 2.28. The molecule has 100 valence electrons. The van der Waals surface area contributed by atoms with Crippen LogP contribution in [0.15, 0.2) is 18.2 Å². The van der Waals surface area contributed by atoms with Crippen molar-refractivity contribution in [3.63, 3.8) is 0 Å². The van der Waals surface area contributed by atoms with Crippen molar-refractivity contribution in [2.24, 2.45) is 17.6 Å². The Hall–Kier alpha value is -0.600. The molecular weight excluding hydrogens is 249 g/mol. The van der Waals surface area contributed by atoms with Crippen LogP contribution in [0.4, 0.5) is 4.39 Å². The molecule has 0 aliphatic heterocycles. The van der Waals surface area contributed by atoms with Crippen LogP contribution in [0.3, 0.4) is 0 Å². The zero-order valence-corrected chi connectivity index (χ0v) is 11.8. The van der Waals surface area contributed by atoms with Gasteiger partial charge in [-0.2, -0.15) is 0 Å². The van der Waals surface area contributed by atoms with E-state index in [4.69, 9.17) is 17.3 Å². The lowest BCUT2D eigenvalue weighted by Gasteiger charge is -2.42. The van der Waals surface area contributed by atoms with Crippen LogP contribution in [-0.2, 0) is 6.42 Å². The molecule has 1 aliphatic rings. The Bertz CT molecular complexity index is 435. The molecule has 1 fully saturated rings. The van der Waals surface area contributed by atoms with Crippen molar-refractivity contribution in [2.45, 2.75) is 45.1 Å². The third-order valence-electron chi connectivity index (χ3n) is 4.34. The summed E-state index contributed by atoms with van der Waals surface area (Å²) in [6.07, 6.45) is 4.16. The molecule has 2 rings (SSSR count). The molecule has 3 heteroatoms. The Labute approximate surface area is 114 Å². The van der Waals surface area contributed by atoms with Crippen LogP contribution in [-0.4, -0.2) is 5.54 Å². The molecule has 1 aromatic carbocycles. The summed E-state index contributed by atoms with van der Waals surface area (Å²) in [5.74, 6) is 0.847. The average molecular weight is 270 g/mol. The van der Waals surface area contributed by atoms with Crippen molar-refractivity contribution in [2.75, 3.05) is 0 Å². The van der Waals surface area contributed by atoms with Gasteiger partial charge in [0, 0.05) is 10.6 Å². The number of benzene rings is 1. The molecule has 0 aromatic heterocycles. The summed E-state index contributed by atoms with van der Waals surface area (Å²) in [7, 11) is 0. The maximum atomic E-state index is 13.0. The van der Waals surface area contributed by atoms with E-state index >= 15 is 0 Å². The van der Waals surface area contributed by atoms with Crippen molar-refractivity contribution in [1.82, 2.24) is 0 Å². The van der Waals surface area contributed by atoms with Crippen molar-refractivity contribution in [1.29, 1.82) is 0 Å². The molecule has 0 amide bonds. The van der Waals surface area contributed by atoms with Gasteiger partial charge in [-0.1, -0.05) is 37.9 Å². The number of rotatable bonds is 2. The normalized spacial score (nSPS) is 32.5. The third kappa shape index (κ3) is 2.86. The predicted molar refractivity (Wildman–Crippen MR) is 74.2 cm³/mol. The van der Waals surface area contributed by atoms with Crippen molar-refractivity contribution >= 4 is 11.6 Å². The third-order valence-corrected chi connectivity index (χ3v) is 4.69. The number of hydrogen-bond donors (Lipinski definition) is 1. The first-order chi connectivity index (χ1) is 8.40. The van der Waals surface area contributed by atoms with Crippen molar-refractivity contribution < 1.29 is 4.39 Å². The van der Waals surface area contributed by atoms with Gasteiger partial charge in [0.15, 0.2) is 0 Å². The number of halogens is 2. The lowest BCUT2D eigenvalue weighted by atomic mass is 9.68. The van der Waals surface area contributed by atoms with Crippen LogP contribution in [0.5, 0.6) is 0 Å². The summed E-state index contributed by atoms with van der Waals surface area (Å²) >= 11 is 6.10. The van der Waals surface area contributed by atoms with E-state index in [1.807, 2.05) is 0 Å². The van der Waals surface area contributed by atoms with E-state index in [0.717, 1.165) is 24.8 Å². The van der Waals surface area contributed by atoms with Gasteiger partial charge in [0.05, 0.1) is 0 Å². The van der Waals surface area contributed by atoms with Crippen LogP contribution in [0.25, 0.3) is 0 Å². The van der Waals surface area contributed by atoms with Gasteiger partial charge in [-0.15, -0.1) is 0 Å². The molecule has 18 heavy (non-hydrogen) atoms. The van der Waals surface area contributed by atoms with E-state index < -0.39 is 0 Å². The van der Waals surface area contributed by atoms with Gasteiger partial charge in [-0.05, 0) is 48.8 Å². The number of hydrogen-bond acceptors (Lipinski definition) is 1. The highest BCUT2D eigenvalue weighted by Crippen LogP contribution is 2.38. The second-order valence-electron chi connectivity index (χ2n) is 5.93.